The number of rotatable bonds is 5. The van der Waals surface area contributed by atoms with Crippen molar-refractivity contribution in [2.45, 2.75) is 20.3 Å². The van der Waals surface area contributed by atoms with Crippen LogP contribution in [0.2, 0.25) is 0 Å². The zero-order valence-electron chi connectivity index (χ0n) is 9.94. The van der Waals surface area contributed by atoms with E-state index in [2.05, 4.69) is 13.5 Å². The van der Waals surface area contributed by atoms with Crippen molar-refractivity contribution in [2.75, 3.05) is 0 Å². The first-order valence-electron chi connectivity index (χ1n) is 5.52. The van der Waals surface area contributed by atoms with Gasteiger partial charge in [0.25, 0.3) is 0 Å². The first-order chi connectivity index (χ1) is 7.80. The average molecular weight is 214 g/mol. The minimum Gasteiger partial charge on any atom is -0.458 e. The summed E-state index contributed by atoms with van der Waals surface area (Å²) in [5.74, 6) is 1.70. The molecule has 0 bridgehead atoms. The fraction of sp³-hybridized carbons (Fsp3) is 0.200. The number of benzene rings is 1. The number of ether oxygens (including phenoxy) is 1. The molecule has 1 heteroatoms. The minimum atomic E-state index is 0.850. The van der Waals surface area contributed by atoms with Gasteiger partial charge in [0.05, 0.1) is 0 Å². The van der Waals surface area contributed by atoms with Gasteiger partial charge >= 0.3 is 0 Å². The van der Waals surface area contributed by atoms with Crippen molar-refractivity contribution in [1.82, 2.24) is 0 Å². The molecule has 0 saturated heterocycles. The molecule has 1 aromatic carbocycles. The molecule has 0 spiro atoms. The Morgan fingerprint density at radius 1 is 1.31 bits per heavy atom. The van der Waals surface area contributed by atoms with E-state index in [0.717, 1.165) is 17.9 Å². The Hall–Kier alpha value is -1.76. The van der Waals surface area contributed by atoms with Gasteiger partial charge in [-0.1, -0.05) is 37.8 Å². The Labute approximate surface area is 97.8 Å². The lowest BCUT2D eigenvalue weighted by Gasteiger charge is -2.07. The van der Waals surface area contributed by atoms with Crippen LogP contribution in [0.3, 0.4) is 0 Å². The largest absolute Gasteiger partial charge is 0.458 e. The Morgan fingerprint density at radius 2 is 2.00 bits per heavy atom. The third kappa shape index (κ3) is 3.77. The van der Waals surface area contributed by atoms with Crippen LogP contribution in [-0.4, -0.2) is 0 Å². The van der Waals surface area contributed by atoms with Crippen molar-refractivity contribution >= 4 is 0 Å². The minimum absolute atomic E-state index is 0.850. The van der Waals surface area contributed by atoms with Gasteiger partial charge in [0, 0.05) is 0 Å². The van der Waals surface area contributed by atoms with Crippen LogP contribution in [0.5, 0.6) is 5.75 Å². The summed E-state index contributed by atoms with van der Waals surface area (Å²) in [4.78, 5) is 0. The van der Waals surface area contributed by atoms with Crippen LogP contribution in [0.25, 0.3) is 0 Å². The van der Waals surface area contributed by atoms with Crippen LogP contribution in [0, 0.1) is 0 Å². The number of allylic oxidation sites excluding steroid dienone is 4. The maximum absolute atomic E-state index is 5.73. The van der Waals surface area contributed by atoms with E-state index in [1.807, 2.05) is 55.5 Å². The van der Waals surface area contributed by atoms with E-state index in [9.17, 15) is 0 Å². The molecule has 0 aliphatic carbocycles. The highest BCUT2D eigenvalue weighted by molar-refractivity contribution is 5.30. The van der Waals surface area contributed by atoms with E-state index >= 15 is 0 Å². The molecule has 0 unspecified atom stereocenters. The second kappa shape index (κ2) is 6.67. The monoisotopic (exact) mass is 214 g/mol. The standard InChI is InChI=1S/C15H18O/c1-4-13(5-2)12-14(6-3)16-15-10-8-7-9-11-15/h4,6-12H,1,5H2,2-3H3/b13-12+,14-6+. The molecule has 84 valence electrons. The number of hydrogen-bond acceptors (Lipinski definition) is 1. The molecule has 0 aromatic heterocycles. The van der Waals surface area contributed by atoms with Crippen molar-refractivity contribution in [1.29, 1.82) is 0 Å². The van der Waals surface area contributed by atoms with Crippen LogP contribution in [-0.2, 0) is 0 Å². The molecule has 0 fully saturated rings. The van der Waals surface area contributed by atoms with E-state index in [-0.39, 0.29) is 0 Å². The quantitative estimate of drug-likeness (QED) is 0.518. The highest BCUT2D eigenvalue weighted by atomic mass is 16.5. The first-order valence-corrected chi connectivity index (χ1v) is 5.52. The molecule has 0 saturated carbocycles. The van der Waals surface area contributed by atoms with Gasteiger partial charge in [-0.2, -0.15) is 0 Å². The zero-order chi connectivity index (χ0) is 11.8. The predicted molar refractivity (Wildman–Crippen MR) is 69.4 cm³/mol. The van der Waals surface area contributed by atoms with Gasteiger partial charge in [0.1, 0.15) is 11.5 Å². The van der Waals surface area contributed by atoms with Crippen molar-refractivity contribution in [3.63, 3.8) is 0 Å². The SMILES string of the molecule is C=C/C(=C\C(=C/C)Oc1ccccc1)CC. The second-order valence-corrected chi connectivity index (χ2v) is 3.38. The summed E-state index contributed by atoms with van der Waals surface area (Å²) in [6.45, 7) is 7.84. The van der Waals surface area contributed by atoms with Gasteiger partial charge < -0.3 is 4.74 Å². The molecule has 0 atom stereocenters. The van der Waals surface area contributed by atoms with Gasteiger partial charge in [-0.15, -0.1) is 0 Å². The molecular weight excluding hydrogens is 196 g/mol. The maximum Gasteiger partial charge on any atom is 0.127 e. The average Bonchev–Trinajstić information content (AvgIpc) is 2.35. The van der Waals surface area contributed by atoms with E-state index in [0.29, 0.717) is 0 Å². The summed E-state index contributed by atoms with van der Waals surface area (Å²) >= 11 is 0. The molecule has 0 N–H and O–H groups in total. The Morgan fingerprint density at radius 3 is 2.50 bits per heavy atom. The molecule has 1 aromatic rings. The van der Waals surface area contributed by atoms with Gasteiger partial charge in [0.15, 0.2) is 0 Å². The van der Waals surface area contributed by atoms with E-state index in [1.54, 1.807) is 0 Å². The fourth-order valence-electron chi connectivity index (χ4n) is 1.28. The van der Waals surface area contributed by atoms with Gasteiger partial charge in [-0.05, 0) is 43.2 Å². The molecule has 0 amide bonds. The third-order valence-corrected chi connectivity index (χ3v) is 2.26. The molecule has 0 heterocycles. The first kappa shape index (κ1) is 12.3. The summed E-state index contributed by atoms with van der Waals surface area (Å²) in [5, 5.41) is 0. The molecule has 0 radical (unpaired) electrons. The van der Waals surface area contributed by atoms with Crippen LogP contribution in [0.15, 0.2) is 66.5 Å². The lowest BCUT2D eigenvalue weighted by atomic mass is 10.2. The summed E-state index contributed by atoms with van der Waals surface area (Å²) in [6.07, 6.45) is 6.78. The third-order valence-electron chi connectivity index (χ3n) is 2.26. The van der Waals surface area contributed by atoms with E-state index in [4.69, 9.17) is 4.74 Å². The fourth-order valence-corrected chi connectivity index (χ4v) is 1.28. The van der Waals surface area contributed by atoms with Crippen molar-refractivity contribution in [2.24, 2.45) is 0 Å². The normalized spacial score (nSPS) is 12.4. The predicted octanol–water partition coefficient (Wildman–Crippen LogP) is 4.49. The van der Waals surface area contributed by atoms with E-state index < -0.39 is 0 Å². The van der Waals surface area contributed by atoms with Crippen molar-refractivity contribution in [3.8, 4) is 5.75 Å². The highest BCUT2D eigenvalue weighted by Crippen LogP contribution is 2.15. The molecule has 1 rings (SSSR count). The van der Waals surface area contributed by atoms with Gasteiger partial charge in [0.2, 0.25) is 0 Å². The smallest absolute Gasteiger partial charge is 0.127 e. The summed E-state index contributed by atoms with van der Waals surface area (Å²) in [6, 6.07) is 9.77. The van der Waals surface area contributed by atoms with Gasteiger partial charge in [-0.25, -0.2) is 0 Å². The van der Waals surface area contributed by atoms with Crippen LogP contribution >= 0.6 is 0 Å². The van der Waals surface area contributed by atoms with Crippen LogP contribution in [0.4, 0.5) is 0 Å². The van der Waals surface area contributed by atoms with Crippen LogP contribution in [0.1, 0.15) is 20.3 Å². The van der Waals surface area contributed by atoms with Crippen molar-refractivity contribution in [3.05, 3.63) is 66.5 Å². The van der Waals surface area contributed by atoms with E-state index in [1.165, 1.54) is 5.57 Å². The molecule has 1 nitrogen and oxygen atoms in total. The number of hydrogen-bond donors (Lipinski definition) is 0. The molecular formula is C15H18O. The topological polar surface area (TPSA) is 9.23 Å². The second-order valence-electron chi connectivity index (χ2n) is 3.38. The van der Waals surface area contributed by atoms with Crippen molar-refractivity contribution < 1.29 is 4.74 Å². The lowest BCUT2D eigenvalue weighted by molar-refractivity contribution is 0.442. The zero-order valence-corrected chi connectivity index (χ0v) is 9.94. The molecule has 0 aliphatic rings. The molecule has 0 aliphatic heterocycles. The van der Waals surface area contributed by atoms with Gasteiger partial charge in [-0.3, -0.25) is 0 Å². The van der Waals surface area contributed by atoms with Crippen LogP contribution < -0.4 is 4.74 Å². The Kier molecular flexibility index (Phi) is 5.13. The Balaban J connectivity index is 2.78. The number of para-hydroxylation sites is 1. The summed E-state index contributed by atoms with van der Waals surface area (Å²) in [5.41, 5.74) is 1.17. The summed E-state index contributed by atoms with van der Waals surface area (Å²) in [7, 11) is 0. The Bertz CT molecular complexity index is 385. The lowest BCUT2D eigenvalue weighted by Crippen LogP contribution is -1.92. The summed E-state index contributed by atoms with van der Waals surface area (Å²) < 4.78 is 5.73. The molecule has 16 heavy (non-hydrogen) atoms. The highest BCUT2D eigenvalue weighted by Gasteiger charge is 1.97. The maximum atomic E-state index is 5.73.